The summed E-state index contributed by atoms with van der Waals surface area (Å²) in [4.78, 5) is 0.300. The van der Waals surface area contributed by atoms with Gasteiger partial charge in [0.05, 0.1) is 11.5 Å². The monoisotopic (exact) mass is 187 g/mol. The third kappa shape index (κ3) is 1.63. The summed E-state index contributed by atoms with van der Waals surface area (Å²) in [6, 6.07) is 0. The van der Waals surface area contributed by atoms with E-state index in [0.717, 1.165) is 19.1 Å². The van der Waals surface area contributed by atoms with E-state index in [1.807, 2.05) is 0 Å². The summed E-state index contributed by atoms with van der Waals surface area (Å²) in [5.41, 5.74) is 0. The molecular weight excluding hydrogens is 170 g/mol. The van der Waals surface area contributed by atoms with Gasteiger partial charge < -0.3 is 10.1 Å². The molecule has 0 amide bonds. The van der Waals surface area contributed by atoms with E-state index in [9.17, 15) is 0 Å². The fourth-order valence-electron chi connectivity index (χ4n) is 1.98. The standard InChI is InChI=1S/C9H17NOS/c1-9(8-3-5-11-7-8)10-4-2-6-12-9/h8,10H,2-7H2,1H3. The van der Waals surface area contributed by atoms with Crippen LogP contribution in [0.2, 0.25) is 0 Å². The van der Waals surface area contributed by atoms with Gasteiger partial charge in [-0.1, -0.05) is 0 Å². The predicted octanol–water partition coefficient (Wildman–Crippen LogP) is 1.47. The van der Waals surface area contributed by atoms with Crippen LogP contribution in [0.1, 0.15) is 19.8 Å². The summed E-state index contributed by atoms with van der Waals surface area (Å²) in [5.74, 6) is 2.03. The molecule has 0 aliphatic carbocycles. The lowest BCUT2D eigenvalue weighted by atomic mass is 9.99. The van der Waals surface area contributed by atoms with Gasteiger partial charge in [0.25, 0.3) is 0 Å². The van der Waals surface area contributed by atoms with Crippen molar-refractivity contribution in [3.63, 3.8) is 0 Å². The number of nitrogens with one attached hydrogen (secondary N) is 1. The zero-order valence-electron chi connectivity index (χ0n) is 7.64. The SMILES string of the molecule is CC1(C2CCOC2)NCCCS1. The van der Waals surface area contributed by atoms with E-state index in [1.54, 1.807) is 0 Å². The molecule has 2 saturated heterocycles. The molecule has 2 nitrogen and oxygen atoms in total. The van der Waals surface area contributed by atoms with Gasteiger partial charge in [-0.25, -0.2) is 0 Å². The van der Waals surface area contributed by atoms with E-state index in [4.69, 9.17) is 4.74 Å². The minimum atomic E-state index is 0.300. The molecule has 2 unspecified atom stereocenters. The van der Waals surface area contributed by atoms with Crippen LogP contribution in [0.25, 0.3) is 0 Å². The summed E-state index contributed by atoms with van der Waals surface area (Å²) in [6.07, 6.45) is 2.55. The van der Waals surface area contributed by atoms with E-state index in [2.05, 4.69) is 24.0 Å². The average Bonchev–Trinajstić information content (AvgIpc) is 2.58. The zero-order chi connectivity index (χ0) is 8.44. The number of thioether (sulfide) groups is 1. The summed E-state index contributed by atoms with van der Waals surface area (Å²) in [6.45, 7) is 5.43. The largest absolute Gasteiger partial charge is 0.381 e. The second-order valence-corrected chi connectivity index (χ2v) is 5.34. The van der Waals surface area contributed by atoms with Crippen molar-refractivity contribution < 1.29 is 4.74 Å². The fourth-order valence-corrected chi connectivity index (χ4v) is 3.31. The topological polar surface area (TPSA) is 21.3 Å². The molecule has 2 atom stereocenters. The number of rotatable bonds is 1. The summed E-state index contributed by atoms with van der Waals surface area (Å²) in [5, 5.41) is 3.62. The Labute approximate surface area is 78.4 Å². The van der Waals surface area contributed by atoms with Crippen LogP contribution in [0.4, 0.5) is 0 Å². The molecule has 0 aromatic carbocycles. The van der Waals surface area contributed by atoms with Crippen molar-refractivity contribution in [2.24, 2.45) is 5.92 Å². The van der Waals surface area contributed by atoms with Crippen molar-refractivity contribution in [1.29, 1.82) is 0 Å². The Balaban J connectivity index is 1.97. The van der Waals surface area contributed by atoms with Crippen LogP contribution < -0.4 is 5.32 Å². The van der Waals surface area contributed by atoms with Gasteiger partial charge in [0.2, 0.25) is 0 Å². The van der Waals surface area contributed by atoms with E-state index in [0.29, 0.717) is 4.87 Å². The molecule has 0 aromatic heterocycles. The molecule has 0 bridgehead atoms. The second kappa shape index (κ2) is 3.56. The molecule has 0 spiro atoms. The van der Waals surface area contributed by atoms with Gasteiger partial charge in [0.15, 0.2) is 0 Å². The van der Waals surface area contributed by atoms with Gasteiger partial charge in [-0.05, 0) is 32.1 Å². The Morgan fingerprint density at radius 3 is 3.08 bits per heavy atom. The fraction of sp³-hybridized carbons (Fsp3) is 1.00. The van der Waals surface area contributed by atoms with Crippen LogP contribution in [0.5, 0.6) is 0 Å². The highest BCUT2D eigenvalue weighted by Gasteiger charge is 2.37. The first-order chi connectivity index (χ1) is 5.81. The second-order valence-electron chi connectivity index (χ2n) is 3.80. The van der Waals surface area contributed by atoms with Crippen LogP contribution in [-0.2, 0) is 4.74 Å². The third-order valence-electron chi connectivity index (χ3n) is 2.91. The van der Waals surface area contributed by atoms with Crippen molar-refractivity contribution in [2.45, 2.75) is 24.6 Å². The molecule has 1 N–H and O–H groups in total. The molecule has 2 aliphatic rings. The smallest absolute Gasteiger partial charge is 0.0668 e. The van der Waals surface area contributed by atoms with Crippen molar-refractivity contribution in [2.75, 3.05) is 25.5 Å². The normalized spacial score (nSPS) is 43.2. The molecule has 2 fully saturated rings. The lowest BCUT2D eigenvalue weighted by Crippen LogP contribution is -2.49. The Morgan fingerprint density at radius 2 is 2.50 bits per heavy atom. The lowest BCUT2D eigenvalue weighted by molar-refractivity contribution is 0.173. The number of hydrogen-bond acceptors (Lipinski definition) is 3. The Bertz CT molecular complexity index is 151. The highest BCUT2D eigenvalue weighted by atomic mass is 32.2. The Hall–Kier alpha value is 0.270. The highest BCUT2D eigenvalue weighted by Crippen LogP contribution is 2.37. The van der Waals surface area contributed by atoms with E-state index < -0.39 is 0 Å². The third-order valence-corrected chi connectivity index (χ3v) is 4.48. The maximum atomic E-state index is 5.42. The predicted molar refractivity (Wildman–Crippen MR) is 52.4 cm³/mol. The van der Waals surface area contributed by atoms with Gasteiger partial charge in [-0.3, -0.25) is 0 Å². The van der Waals surface area contributed by atoms with Crippen LogP contribution in [0, 0.1) is 5.92 Å². The van der Waals surface area contributed by atoms with Crippen molar-refractivity contribution in [3.8, 4) is 0 Å². The molecule has 0 saturated carbocycles. The molecule has 2 aliphatic heterocycles. The molecular formula is C9H17NOS. The first kappa shape index (κ1) is 8.85. The average molecular weight is 187 g/mol. The molecule has 0 aromatic rings. The maximum Gasteiger partial charge on any atom is 0.0668 e. The molecule has 3 heteroatoms. The molecule has 70 valence electrons. The summed E-state index contributed by atoms with van der Waals surface area (Å²) < 4.78 is 5.42. The van der Waals surface area contributed by atoms with Crippen LogP contribution in [0.3, 0.4) is 0 Å². The summed E-state index contributed by atoms with van der Waals surface area (Å²) >= 11 is 2.07. The van der Waals surface area contributed by atoms with E-state index >= 15 is 0 Å². The van der Waals surface area contributed by atoms with Gasteiger partial charge in [0, 0.05) is 12.5 Å². The molecule has 0 radical (unpaired) electrons. The molecule has 2 rings (SSSR count). The number of hydrogen-bond donors (Lipinski definition) is 1. The van der Waals surface area contributed by atoms with Crippen LogP contribution in [-0.4, -0.2) is 30.4 Å². The minimum Gasteiger partial charge on any atom is -0.381 e. The Morgan fingerprint density at radius 1 is 1.58 bits per heavy atom. The Kier molecular flexibility index (Phi) is 2.63. The van der Waals surface area contributed by atoms with Gasteiger partial charge in [0.1, 0.15) is 0 Å². The molecule has 12 heavy (non-hydrogen) atoms. The van der Waals surface area contributed by atoms with E-state index in [1.165, 1.54) is 25.1 Å². The highest BCUT2D eigenvalue weighted by molar-refractivity contribution is 8.00. The van der Waals surface area contributed by atoms with Crippen molar-refractivity contribution in [1.82, 2.24) is 5.32 Å². The van der Waals surface area contributed by atoms with Crippen molar-refractivity contribution in [3.05, 3.63) is 0 Å². The van der Waals surface area contributed by atoms with Gasteiger partial charge in [-0.15, -0.1) is 11.8 Å². The van der Waals surface area contributed by atoms with E-state index in [-0.39, 0.29) is 0 Å². The number of ether oxygens (including phenoxy) is 1. The minimum absolute atomic E-state index is 0.300. The first-order valence-electron chi connectivity index (χ1n) is 4.78. The molecule has 2 heterocycles. The van der Waals surface area contributed by atoms with Crippen LogP contribution >= 0.6 is 11.8 Å². The van der Waals surface area contributed by atoms with Crippen LogP contribution in [0.15, 0.2) is 0 Å². The zero-order valence-corrected chi connectivity index (χ0v) is 8.45. The lowest BCUT2D eigenvalue weighted by Gasteiger charge is -2.38. The quantitative estimate of drug-likeness (QED) is 0.671. The van der Waals surface area contributed by atoms with Gasteiger partial charge in [-0.2, -0.15) is 0 Å². The maximum absolute atomic E-state index is 5.42. The summed E-state index contributed by atoms with van der Waals surface area (Å²) in [7, 11) is 0. The van der Waals surface area contributed by atoms with Gasteiger partial charge >= 0.3 is 0 Å². The first-order valence-corrected chi connectivity index (χ1v) is 5.76. The van der Waals surface area contributed by atoms with Crippen molar-refractivity contribution >= 4 is 11.8 Å².